The van der Waals surface area contributed by atoms with E-state index in [4.69, 9.17) is 4.74 Å². The molecule has 0 radical (unpaired) electrons. The van der Waals surface area contributed by atoms with Gasteiger partial charge in [0.1, 0.15) is 0 Å². The van der Waals surface area contributed by atoms with Gasteiger partial charge in [0, 0.05) is 12.6 Å². The Morgan fingerprint density at radius 3 is 2.82 bits per heavy atom. The first-order valence-electron chi connectivity index (χ1n) is 4.37. The molecular formula is C8H15NO2. The van der Waals surface area contributed by atoms with Gasteiger partial charge in [0.15, 0.2) is 0 Å². The molecule has 0 bridgehead atoms. The van der Waals surface area contributed by atoms with E-state index in [0.29, 0.717) is 12.1 Å². The highest BCUT2D eigenvalue weighted by Gasteiger charge is 2.26. The Morgan fingerprint density at radius 2 is 2.27 bits per heavy atom. The summed E-state index contributed by atoms with van der Waals surface area (Å²) in [5.74, 6) is 0. The summed E-state index contributed by atoms with van der Waals surface area (Å²) in [7, 11) is 0. The molecule has 11 heavy (non-hydrogen) atoms. The third-order valence-electron chi connectivity index (χ3n) is 2.44. The van der Waals surface area contributed by atoms with Crippen molar-refractivity contribution >= 4 is 0 Å². The molecule has 2 aliphatic rings. The average molecular weight is 157 g/mol. The predicted molar refractivity (Wildman–Crippen MR) is 41.4 cm³/mol. The highest BCUT2D eigenvalue weighted by Crippen LogP contribution is 2.19. The van der Waals surface area contributed by atoms with Crippen molar-refractivity contribution in [1.29, 1.82) is 0 Å². The Labute approximate surface area is 66.7 Å². The van der Waals surface area contributed by atoms with Gasteiger partial charge in [-0.15, -0.1) is 0 Å². The lowest BCUT2D eigenvalue weighted by Crippen LogP contribution is -2.30. The van der Waals surface area contributed by atoms with Crippen LogP contribution in [0.1, 0.15) is 19.3 Å². The second-order valence-electron chi connectivity index (χ2n) is 3.53. The first kappa shape index (κ1) is 7.53. The standard InChI is InChI=1S/C8H15NO2/c10-7-2-1-6(3-7)9-4-8-5-11-8/h6-10H,1-5H2. The van der Waals surface area contributed by atoms with Crippen LogP contribution in [0.25, 0.3) is 0 Å². The molecule has 2 N–H and O–H groups in total. The van der Waals surface area contributed by atoms with Gasteiger partial charge < -0.3 is 15.2 Å². The summed E-state index contributed by atoms with van der Waals surface area (Å²) < 4.78 is 5.07. The quantitative estimate of drug-likeness (QED) is 0.562. The van der Waals surface area contributed by atoms with Crippen molar-refractivity contribution in [3.8, 4) is 0 Å². The summed E-state index contributed by atoms with van der Waals surface area (Å²) in [5, 5.41) is 12.6. The Morgan fingerprint density at radius 1 is 1.45 bits per heavy atom. The molecule has 1 heterocycles. The number of aliphatic hydroxyl groups is 1. The first-order chi connectivity index (χ1) is 5.34. The van der Waals surface area contributed by atoms with E-state index < -0.39 is 0 Å². The van der Waals surface area contributed by atoms with E-state index in [2.05, 4.69) is 5.32 Å². The molecule has 2 fully saturated rings. The number of hydrogen-bond donors (Lipinski definition) is 2. The van der Waals surface area contributed by atoms with Crippen LogP contribution in [-0.2, 0) is 4.74 Å². The van der Waals surface area contributed by atoms with Crippen molar-refractivity contribution in [1.82, 2.24) is 5.32 Å². The molecule has 3 heteroatoms. The number of rotatable bonds is 3. The molecule has 64 valence electrons. The molecule has 1 aliphatic heterocycles. The maximum Gasteiger partial charge on any atom is 0.0934 e. The summed E-state index contributed by atoms with van der Waals surface area (Å²) in [4.78, 5) is 0. The Balaban J connectivity index is 1.62. The van der Waals surface area contributed by atoms with Crippen LogP contribution in [0.5, 0.6) is 0 Å². The smallest absolute Gasteiger partial charge is 0.0934 e. The van der Waals surface area contributed by atoms with Crippen molar-refractivity contribution in [2.45, 2.75) is 37.5 Å². The number of aliphatic hydroxyl groups excluding tert-OH is 1. The van der Waals surface area contributed by atoms with E-state index in [1.165, 1.54) is 0 Å². The summed E-state index contributed by atoms with van der Waals surface area (Å²) in [6.07, 6.45) is 3.41. The van der Waals surface area contributed by atoms with E-state index in [-0.39, 0.29) is 6.10 Å². The van der Waals surface area contributed by atoms with Crippen molar-refractivity contribution in [3.05, 3.63) is 0 Å². The highest BCUT2D eigenvalue weighted by molar-refractivity contribution is 4.82. The summed E-state index contributed by atoms with van der Waals surface area (Å²) in [6.45, 7) is 1.89. The minimum Gasteiger partial charge on any atom is -0.393 e. The summed E-state index contributed by atoms with van der Waals surface area (Å²) in [6, 6.07) is 0.536. The van der Waals surface area contributed by atoms with E-state index >= 15 is 0 Å². The first-order valence-corrected chi connectivity index (χ1v) is 4.37. The van der Waals surface area contributed by atoms with Crippen molar-refractivity contribution in [3.63, 3.8) is 0 Å². The van der Waals surface area contributed by atoms with Crippen LogP contribution in [0.4, 0.5) is 0 Å². The lowest BCUT2D eigenvalue weighted by molar-refractivity contribution is 0.179. The molecule has 0 aromatic carbocycles. The maximum atomic E-state index is 9.21. The van der Waals surface area contributed by atoms with Crippen LogP contribution in [0.3, 0.4) is 0 Å². The molecule has 1 saturated carbocycles. The van der Waals surface area contributed by atoms with Gasteiger partial charge in [-0.05, 0) is 19.3 Å². The van der Waals surface area contributed by atoms with Crippen molar-refractivity contribution in [2.24, 2.45) is 0 Å². The Bertz CT molecular complexity index is 136. The normalized spacial score (nSPS) is 42.8. The second-order valence-corrected chi connectivity index (χ2v) is 3.53. The van der Waals surface area contributed by atoms with Crippen molar-refractivity contribution < 1.29 is 9.84 Å². The van der Waals surface area contributed by atoms with Gasteiger partial charge in [0.05, 0.1) is 18.8 Å². The van der Waals surface area contributed by atoms with E-state index in [9.17, 15) is 5.11 Å². The molecule has 3 unspecified atom stereocenters. The zero-order chi connectivity index (χ0) is 7.68. The van der Waals surface area contributed by atoms with Gasteiger partial charge in [0.25, 0.3) is 0 Å². The molecule has 3 nitrogen and oxygen atoms in total. The fourth-order valence-electron chi connectivity index (χ4n) is 1.63. The monoisotopic (exact) mass is 157 g/mol. The fourth-order valence-corrected chi connectivity index (χ4v) is 1.63. The molecule has 0 aromatic rings. The molecule has 1 saturated heterocycles. The molecule has 2 rings (SSSR count). The molecule has 0 aromatic heterocycles. The number of nitrogens with one attached hydrogen (secondary N) is 1. The van der Waals surface area contributed by atoms with Crippen LogP contribution in [0.2, 0.25) is 0 Å². The number of ether oxygens (including phenoxy) is 1. The molecule has 1 aliphatic carbocycles. The summed E-state index contributed by atoms with van der Waals surface area (Å²) >= 11 is 0. The van der Waals surface area contributed by atoms with Crippen LogP contribution < -0.4 is 5.32 Å². The van der Waals surface area contributed by atoms with E-state index in [1.54, 1.807) is 0 Å². The third kappa shape index (κ3) is 2.15. The molecule has 0 amide bonds. The minimum atomic E-state index is -0.0624. The topological polar surface area (TPSA) is 44.8 Å². The van der Waals surface area contributed by atoms with Crippen molar-refractivity contribution in [2.75, 3.05) is 13.2 Å². The fraction of sp³-hybridized carbons (Fsp3) is 1.00. The van der Waals surface area contributed by atoms with Gasteiger partial charge in [-0.2, -0.15) is 0 Å². The predicted octanol–water partition coefficient (Wildman–Crippen LogP) is -0.112. The Hall–Kier alpha value is -0.120. The van der Waals surface area contributed by atoms with Gasteiger partial charge in [0.2, 0.25) is 0 Å². The third-order valence-corrected chi connectivity index (χ3v) is 2.44. The van der Waals surface area contributed by atoms with Gasteiger partial charge >= 0.3 is 0 Å². The van der Waals surface area contributed by atoms with Gasteiger partial charge in [-0.25, -0.2) is 0 Å². The highest BCUT2D eigenvalue weighted by atomic mass is 16.6. The lowest BCUT2D eigenvalue weighted by Gasteiger charge is -2.09. The molecule has 0 spiro atoms. The number of hydrogen-bond acceptors (Lipinski definition) is 3. The Kier molecular flexibility index (Phi) is 2.11. The second kappa shape index (κ2) is 3.09. The zero-order valence-corrected chi connectivity index (χ0v) is 6.62. The van der Waals surface area contributed by atoms with Gasteiger partial charge in [-0.3, -0.25) is 0 Å². The van der Waals surface area contributed by atoms with Crippen LogP contribution >= 0.6 is 0 Å². The van der Waals surface area contributed by atoms with E-state index in [1.807, 2.05) is 0 Å². The van der Waals surface area contributed by atoms with E-state index in [0.717, 1.165) is 32.4 Å². The minimum absolute atomic E-state index is 0.0624. The van der Waals surface area contributed by atoms with Crippen LogP contribution in [-0.4, -0.2) is 36.5 Å². The van der Waals surface area contributed by atoms with Crippen LogP contribution in [0.15, 0.2) is 0 Å². The van der Waals surface area contributed by atoms with Gasteiger partial charge in [-0.1, -0.05) is 0 Å². The lowest BCUT2D eigenvalue weighted by atomic mass is 10.2. The average Bonchev–Trinajstić information content (AvgIpc) is 2.72. The zero-order valence-electron chi connectivity index (χ0n) is 6.62. The molecule has 3 atom stereocenters. The van der Waals surface area contributed by atoms with Crippen LogP contribution in [0, 0.1) is 0 Å². The molecular weight excluding hydrogens is 142 g/mol. The maximum absolute atomic E-state index is 9.21. The summed E-state index contributed by atoms with van der Waals surface area (Å²) in [5.41, 5.74) is 0. The largest absolute Gasteiger partial charge is 0.393 e. The SMILES string of the molecule is OC1CCC(NCC2CO2)C1. The number of epoxide rings is 1.